The first-order valence-electron chi connectivity index (χ1n) is 7.03. The van der Waals surface area contributed by atoms with Crippen molar-refractivity contribution in [1.82, 2.24) is 0 Å². The zero-order valence-corrected chi connectivity index (χ0v) is 13.1. The molecule has 1 N–H and O–H groups in total. The van der Waals surface area contributed by atoms with Gasteiger partial charge in [0.2, 0.25) is 0 Å². The summed E-state index contributed by atoms with van der Waals surface area (Å²) < 4.78 is 11.1. The number of nitrogens with zero attached hydrogens (tertiary/aromatic N) is 2. The van der Waals surface area contributed by atoms with E-state index in [-0.39, 0.29) is 28.5 Å². The van der Waals surface area contributed by atoms with E-state index in [0.717, 1.165) is 11.3 Å². The van der Waals surface area contributed by atoms with Gasteiger partial charge in [-0.15, -0.1) is 0 Å². The van der Waals surface area contributed by atoms with Crippen LogP contribution in [0, 0.1) is 22.7 Å². The summed E-state index contributed by atoms with van der Waals surface area (Å²) >= 11 is 0. The fraction of sp³-hybridized carbons (Fsp3) is 0.222. The molecule has 23 heavy (non-hydrogen) atoms. The minimum Gasteiger partial charge on any atom is -0.508 e. The van der Waals surface area contributed by atoms with Crippen LogP contribution in [0.25, 0.3) is 0 Å². The van der Waals surface area contributed by atoms with Gasteiger partial charge in [-0.2, -0.15) is 10.5 Å². The molecule has 0 atom stereocenters. The molecule has 5 nitrogen and oxygen atoms in total. The third-order valence-corrected chi connectivity index (χ3v) is 3.36. The third-order valence-electron chi connectivity index (χ3n) is 3.36. The standard InChI is InChI=1S/C18H16N2O3/c1-11(2)16-8-15(4-5-17(16)22-3)23-18-12(9-19)6-14(21)7-13(18)10-20/h4-8,11,21H,1-3H3. The lowest BCUT2D eigenvalue weighted by Crippen LogP contribution is -1.97. The van der Waals surface area contributed by atoms with Crippen LogP contribution in [0.5, 0.6) is 23.0 Å². The molecule has 2 aromatic rings. The molecule has 2 rings (SSSR count). The lowest BCUT2D eigenvalue weighted by Gasteiger charge is -2.15. The van der Waals surface area contributed by atoms with Gasteiger partial charge in [0.05, 0.1) is 18.2 Å². The Labute approximate surface area is 134 Å². The Bertz CT molecular complexity index is 779. The minimum absolute atomic E-state index is 0.100. The molecule has 2 aromatic carbocycles. The number of phenolic OH excluding ortho intramolecular Hbond substituents is 1. The van der Waals surface area contributed by atoms with Crippen molar-refractivity contribution in [3.05, 3.63) is 47.0 Å². The lowest BCUT2D eigenvalue weighted by atomic mass is 10.0. The van der Waals surface area contributed by atoms with E-state index in [2.05, 4.69) is 0 Å². The SMILES string of the molecule is COc1ccc(Oc2c(C#N)cc(O)cc2C#N)cc1C(C)C. The van der Waals surface area contributed by atoms with Crippen molar-refractivity contribution in [3.63, 3.8) is 0 Å². The summed E-state index contributed by atoms with van der Waals surface area (Å²) in [5, 5.41) is 27.9. The molecule has 0 aliphatic heterocycles. The summed E-state index contributed by atoms with van der Waals surface area (Å²) in [6.07, 6.45) is 0. The minimum atomic E-state index is -0.150. The first-order chi connectivity index (χ1) is 11.0. The van der Waals surface area contributed by atoms with E-state index < -0.39 is 0 Å². The highest BCUT2D eigenvalue weighted by Gasteiger charge is 2.15. The molecule has 0 unspecified atom stereocenters. The average Bonchev–Trinajstić information content (AvgIpc) is 2.55. The maximum absolute atomic E-state index is 9.56. The molecular formula is C18H16N2O3. The van der Waals surface area contributed by atoms with Crippen LogP contribution < -0.4 is 9.47 Å². The van der Waals surface area contributed by atoms with Gasteiger partial charge in [0, 0.05) is 17.7 Å². The fourth-order valence-corrected chi connectivity index (χ4v) is 2.23. The predicted molar refractivity (Wildman–Crippen MR) is 84.7 cm³/mol. The van der Waals surface area contributed by atoms with Gasteiger partial charge < -0.3 is 14.6 Å². The Morgan fingerprint density at radius 3 is 2.13 bits per heavy atom. The number of hydrogen-bond acceptors (Lipinski definition) is 5. The summed E-state index contributed by atoms with van der Waals surface area (Å²) in [7, 11) is 1.60. The number of methoxy groups -OCH3 is 1. The van der Waals surface area contributed by atoms with Crippen LogP contribution in [-0.4, -0.2) is 12.2 Å². The normalized spacial score (nSPS) is 10.0. The Kier molecular flexibility index (Phi) is 4.73. The maximum Gasteiger partial charge on any atom is 0.163 e. The molecule has 0 aliphatic rings. The van der Waals surface area contributed by atoms with Gasteiger partial charge >= 0.3 is 0 Å². The molecule has 0 saturated heterocycles. The van der Waals surface area contributed by atoms with E-state index in [9.17, 15) is 15.6 Å². The van der Waals surface area contributed by atoms with Gasteiger partial charge in [-0.1, -0.05) is 13.8 Å². The van der Waals surface area contributed by atoms with Crippen LogP contribution in [0.2, 0.25) is 0 Å². The first kappa shape index (κ1) is 16.2. The smallest absolute Gasteiger partial charge is 0.163 e. The van der Waals surface area contributed by atoms with Crippen LogP contribution in [0.1, 0.15) is 36.5 Å². The van der Waals surface area contributed by atoms with Crippen LogP contribution >= 0.6 is 0 Å². The molecule has 0 fully saturated rings. The van der Waals surface area contributed by atoms with Gasteiger partial charge in [0.1, 0.15) is 29.4 Å². The first-order valence-corrected chi connectivity index (χ1v) is 7.03. The Hall–Kier alpha value is -3.18. The molecule has 5 heteroatoms. The molecule has 0 spiro atoms. The highest BCUT2D eigenvalue weighted by atomic mass is 16.5. The Morgan fingerprint density at radius 1 is 1.04 bits per heavy atom. The zero-order chi connectivity index (χ0) is 17.0. The fourth-order valence-electron chi connectivity index (χ4n) is 2.23. The predicted octanol–water partition coefficient (Wildman–Crippen LogP) is 4.06. The van der Waals surface area contributed by atoms with Crippen molar-refractivity contribution in [3.8, 4) is 35.1 Å². The van der Waals surface area contributed by atoms with E-state index in [0.29, 0.717) is 5.75 Å². The van der Waals surface area contributed by atoms with Crippen molar-refractivity contribution < 1.29 is 14.6 Å². The number of aromatic hydroxyl groups is 1. The van der Waals surface area contributed by atoms with Gasteiger partial charge in [0.15, 0.2) is 5.75 Å². The van der Waals surface area contributed by atoms with Gasteiger partial charge in [0.25, 0.3) is 0 Å². The number of benzene rings is 2. The molecule has 0 radical (unpaired) electrons. The highest BCUT2D eigenvalue weighted by molar-refractivity contribution is 5.58. The van der Waals surface area contributed by atoms with Gasteiger partial charge in [-0.3, -0.25) is 0 Å². The second-order valence-corrected chi connectivity index (χ2v) is 5.25. The quantitative estimate of drug-likeness (QED) is 0.920. The number of phenols is 1. The summed E-state index contributed by atoms with van der Waals surface area (Å²) in [5.41, 5.74) is 1.16. The zero-order valence-electron chi connectivity index (χ0n) is 13.1. The van der Waals surface area contributed by atoms with Crippen molar-refractivity contribution in [2.75, 3.05) is 7.11 Å². The summed E-state index contributed by atoms with van der Waals surface area (Å²) in [4.78, 5) is 0. The van der Waals surface area contributed by atoms with Crippen LogP contribution in [0.4, 0.5) is 0 Å². The van der Waals surface area contributed by atoms with Crippen molar-refractivity contribution in [2.45, 2.75) is 19.8 Å². The Morgan fingerprint density at radius 2 is 1.65 bits per heavy atom. The lowest BCUT2D eigenvalue weighted by molar-refractivity contribution is 0.405. The average molecular weight is 308 g/mol. The molecule has 0 bridgehead atoms. The molecule has 0 aromatic heterocycles. The molecule has 0 saturated carbocycles. The number of rotatable bonds is 4. The van der Waals surface area contributed by atoms with E-state index in [4.69, 9.17) is 9.47 Å². The Balaban J connectivity index is 2.50. The van der Waals surface area contributed by atoms with E-state index in [1.807, 2.05) is 32.1 Å². The van der Waals surface area contributed by atoms with Crippen LogP contribution in [-0.2, 0) is 0 Å². The number of hydrogen-bond donors (Lipinski definition) is 1. The molecule has 0 aliphatic carbocycles. The summed E-state index contributed by atoms with van der Waals surface area (Å²) in [5.74, 6) is 1.45. The monoisotopic (exact) mass is 308 g/mol. The summed E-state index contributed by atoms with van der Waals surface area (Å²) in [6, 6.07) is 11.7. The number of ether oxygens (including phenoxy) is 2. The maximum atomic E-state index is 9.56. The molecule has 0 heterocycles. The van der Waals surface area contributed by atoms with E-state index in [1.54, 1.807) is 19.2 Å². The molecule has 116 valence electrons. The van der Waals surface area contributed by atoms with Crippen molar-refractivity contribution in [1.29, 1.82) is 10.5 Å². The van der Waals surface area contributed by atoms with Crippen LogP contribution in [0.15, 0.2) is 30.3 Å². The molecular weight excluding hydrogens is 292 g/mol. The van der Waals surface area contributed by atoms with Gasteiger partial charge in [-0.25, -0.2) is 0 Å². The van der Waals surface area contributed by atoms with Crippen molar-refractivity contribution in [2.24, 2.45) is 0 Å². The van der Waals surface area contributed by atoms with Crippen molar-refractivity contribution >= 4 is 0 Å². The summed E-state index contributed by atoms with van der Waals surface area (Å²) in [6.45, 7) is 4.06. The van der Waals surface area contributed by atoms with Gasteiger partial charge in [-0.05, 0) is 24.1 Å². The second-order valence-electron chi connectivity index (χ2n) is 5.25. The highest BCUT2D eigenvalue weighted by Crippen LogP contribution is 2.35. The van der Waals surface area contributed by atoms with E-state index >= 15 is 0 Å². The van der Waals surface area contributed by atoms with E-state index in [1.165, 1.54) is 12.1 Å². The van der Waals surface area contributed by atoms with Crippen LogP contribution in [0.3, 0.4) is 0 Å². The topological polar surface area (TPSA) is 86.3 Å². The largest absolute Gasteiger partial charge is 0.508 e. The number of nitriles is 2. The second kappa shape index (κ2) is 6.72. The molecule has 0 amide bonds. The third kappa shape index (κ3) is 3.36.